The fourth-order valence-corrected chi connectivity index (χ4v) is 1.67. The summed E-state index contributed by atoms with van der Waals surface area (Å²) in [5.41, 5.74) is 0.339. The largest absolute Gasteiger partial charge is 0.357 e. The Morgan fingerprint density at radius 2 is 1.84 bits per heavy atom. The molecule has 0 amide bonds. The molecule has 0 radical (unpaired) electrons. The highest BCUT2D eigenvalue weighted by Crippen LogP contribution is 2.17. The number of hydrogen-bond donors (Lipinski definition) is 2. The molecule has 0 aromatic carbocycles. The number of nitrogens with zero attached hydrogens (tertiary/aromatic N) is 2. The summed E-state index contributed by atoms with van der Waals surface area (Å²) in [4.78, 5) is 4.60. The Balaban J connectivity index is 2.32. The Kier molecular flexibility index (Phi) is 6.46. The van der Waals surface area contributed by atoms with Crippen LogP contribution in [0.25, 0.3) is 0 Å². The van der Waals surface area contributed by atoms with Gasteiger partial charge < -0.3 is 15.2 Å². The molecule has 4 nitrogen and oxygen atoms in total. The van der Waals surface area contributed by atoms with E-state index in [-0.39, 0.29) is 0 Å². The van der Waals surface area contributed by atoms with Crippen molar-refractivity contribution in [3.63, 3.8) is 0 Å². The van der Waals surface area contributed by atoms with E-state index in [0.29, 0.717) is 5.41 Å². The van der Waals surface area contributed by atoms with Gasteiger partial charge in [0, 0.05) is 38.6 Å². The maximum Gasteiger partial charge on any atom is 0.191 e. The molecule has 1 aromatic heterocycles. The zero-order valence-corrected chi connectivity index (χ0v) is 12.7. The van der Waals surface area contributed by atoms with Gasteiger partial charge in [-0.25, -0.2) is 0 Å². The summed E-state index contributed by atoms with van der Waals surface area (Å²) in [6.07, 6.45) is 5.25. The molecule has 0 aliphatic carbocycles. The second-order valence-electron chi connectivity index (χ2n) is 5.92. The van der Waals surface area contributed by atoms with Gasteiger partial charge in [-0.2, -0.15) is 0 Å². The Bertz CT molecular complexity index is 360. The lowest BCUT2D eigenvalue weighted by Crippen LogP contribution is -2.39. The van der Waals surface area contributed by atoms with E-state index in [2.05, 4.69) is 60.3 Å². The first-order valence-corrected chi connectivity index (χ1v) is 7.14. The Morgan fingerprint density at radius 1 is 1.16 bits per heavy atom. The van der Waals surface area contributed by atoms with E-state index >= 15 is 0 Å². The molecule has 0 fully saturated rings. The first-order chi connectivity index (χ1) is 9.01. The van der Waals surface area contributed by atoms with Crippen LogP contribution in [-0.2, 0) is 6.54 Å². The maximum atomic E-state index is 4.60. The van der Waals surface area contributed by atoms with Gasteiger partial charge >= 0.3 is 0 Å². The van der Waals surface area contributed by atoms with Crippen molar-refractivity contribution in [2.45, 2.75) is 40.7 Å². The number of guanidine groups is 1. The molecule has 0 spiro atoms. The summed E-state index contributed by atoms with van der Waals surface area (Å²) in [6, 6.07) is 4.09. The molecular formula is C15H28N4. The van der Waals surface area contributed by atoms with Crippen LogP contribution in [-0.4, -0.2) is 30.2 Å². The van der Waals surface area contributed by atoms with Gasteiger partial charge in [0.25, 0.3) is 0 Å². The van der Waals surface area contributed by atoms with E-state index < -0.39 is 0 Å². The number of rotatable bonds is 6. The van der Waals surface area contributed by atoms with Crippen LogP contribution in [0.1, 0.15) is 34.1 Å². The Hall–Kier alpha value is -1.45. The third kappa shape index (κ3) is 7.54. The van der Waals surface area contributed by atoms with Crippen LogP contribution in [0.5, 0.6) is 0 Å². The Labute approximate surface area is 117 Å². The van der Waals surface area contributed by atoms with Crippen LogP contribution in [0.2, 0.25) is 0 Å². The van der Waals surface area contributed by atoms with E-state index in [1.165, 1.54) is 0 Å². The molecule has 0 aliphatic rings. The van der Waals surface area contributed by atoms with Crippen LogP contribution >= 0.6 is 0 Å². The fourth-order valence-electron chi connectivity index (χ4n) is 1.67. The van der Waals surface area contributed by atoms with Gasteiger partial charge in [0.05, 0.1) is 0 Å². The quantitative estimate of drug-likeness (QED) is 0.612. The van der Waals surface area contributed by atoms with Gasteiger partial charge in [0.15, 0.2) is 5.96 Å². The van der Waals surface area contributed by atoms with Crippen molar-refractivity contribution in [1.82, 2.24) is 15.2 Å². The maximum absolute atomic E-state index is 4.60. The third-order valence-electron chi connectivity index (χ3n) is 2.80. The summed E-state index contributed by atoms with van der Waals surface area (Å²) in [6.45, 7) is 12.4. The van der Waals surface area contributed by atoms with E-state index in [0.717, 1.165) is 38.6 Å². The van der Waals surface area contributed by atoms with E-state index in [9.17, 15) is 0 Å². The molecule has 0 atom stereocenters. The molecule has 1 aromatic rings. The molecule has 0 unspecified atom stereocenters. The highest BCUT2D eigenvalue weighted by Gasteiger charge is 2.08. The minimum Gasteiger partial charge on any atom is -0.357 e. The Morgan fingerprint density at radius 3 is 2.42 bits per heavy atom. The molecule has 19 heavy (non-hydrogen) atoms. The zero-order chi connectivity index (χ0) is 14.1. The second-order valence-corrected chi connectivity index (χ2v) is 5.92. The minimum atomic E-state index is 0.339. The normalized spacial score (nSPS) is 12.5. The van der Waals surface area contributed by atoms with Gasteiger partial charge in [-0.3, -0.25) is 4.99 Å². The van der Waals surface area contributed by atoms with E-state index in [1.807, 2.05) is 12.1 Å². The standard InChI is InChI=1S/C15H28N4/c1-5-16-14(17-9-8-15(2,3)4)18-10-13-19-11-6-7-12-19/h6-7,11-12H,5,8-10,13H2,1-4H3,(H2,16,17,18). The highest BCUT2D eigenvalue weighted by molar-refractivity contribution is 5.79. The monoisotopic (exact) mass is 264 g/mol. The summed E-state index contributed by atoms with van der Waals surface area (Å²) in [5.74, 6) is 0.916. The molecule has 0 bridgehead atoms. The van der Waals surface area contributed by atoms with Crippen molar-refractivity contribution in [2.75, 3.05) is 19.6 Å². The predicted molar refractivity (Wildman–Crippen MR) is 82.5 cm³/mol. The third-order valence-corrected chi connectivity index (χ3v) is 2.80. The van der Waals surface area contributed by atoms with Crippen molar-refractivity contribution in [2.24, 2.45) is 10.4 Å². The average Bonchev–Trinajstić information content (AvgIpc) is 2.80. The summed E-state index contributed by atoms with van der Waals surface area (Å²) < 4.78 is 2.16. The van der Waals surface area contributed by atoms with Crippen LogP contribution < -0.4 is 10.6 Å². The van der Waals surface area contributed by atoms with Crippen molar-refractivity contribution < 1.29 is 0 Å². The van der Waals surface area contributed by atoms with Gasteiger partial charge in [-0.05, 0) is 30.9 Å². The lowest BCUT2D eigenvalue weighted by atomic mass is 9.93. The summed E-state index contributed by atoms with van der Waals surface area (Å²) >= 11 is 0. The van der Waals surface area contributed by atoms with E-state index in [1.54, 1.807) is 0 Å². The smallest absolute Gasteiger partial charge is 0.191 e. The van der Waals surface area contributed by atoms with Crippen LogP contribution in [0.4, 0.5) is 0 Å². The summed E-state index contributed by atoms with van der Waals surface area (Å²) in [5, 5.41) is 6.64. The SMILES string of the molecule is CCNC(=NCCC(C)(C)C)NCCn1cccc1. The van der Waals surface area contributed by atoms with Crippen LogP contribution in [0, 0.1) is 5.41 Å². The van der Waals surface area contributed by atoms with Crippen molar-refractivity contribution in [3.8, 4) is 0 Å². The minimum absolute atomic E-state index is 0.339. The summed E-state index contributed by atoms with van der Waals surface area (Å²) in [7, 11) is 0. The topological polar surface area (TPSA) is 41.4 Å². The number of aromatic nitrogens is 1. The molecule has 1 rings (SSSR count). The second kappa shape index (κ2) is 7.87. The molecule has 2 N–H and O–H groups in total. The van der Waals surface area contributed by atoms with Gasteiger partial charge in [-0.1, -0.05) is 20.8 Å². The zero-order valence-electron chi connectivity index (χ0n) is 12.7. The average molecular weight is 264 g/mol. The molecular weight excluding hydrogens is 236 g/mol. The molecule has 0 saturated heterocycles. The first kappa shape index (κ1) is 15.6. The van der Waals surface area contributed by atoms with Crippen molar-refractivity contribution in [3.05, 3.63) is 24.5 Å². The van der Waals surface area contributed by atoms with E-state index in [4.69, 9.17) is 0 Å². The molecule has 108 valence electrons. The lowest BCUT2D eigenvalue weighted by molar-refractivity contribution is 0.385. The van der Waals surface area contributed by atoms with Gasteiger partial charge in [0.2, 0.25) is 0 Å². The fraction of sp³-hybridized carbons (Fsp3) is 0.667. The lowest BCUT2D eigenvalue weighted by Gasteiger charge is -2.17. The number of nitrogens with one attached hydrogen (secondary N) is 2. The predicted octanol–water partition coefficient (Wildman–Crippen LogP) is 2.48. The molecule has 4 heteroatoms. The van der Waals surface area contributed by atoms with Gasteiger partial charge in [0.1, 0.15) is 0 Å². The molecule has 1 heterocycles. The number of hydrogen-bond acceptors (Lipinski definition) is 1. The van der Waals surface area contributed by atoms with Crippen LogP contribution in [0.15, 0.2) is 29.5 Å². The molecule has 0 saturated carbocycles. The van der Waals surface area contributed by atoms with Crippen molar-refractivity contribution >= 4 is 5.96 Å². The van der Waals surface area contributed by atoms with Crippen LogP contribution in [0.3, 0.4) is 0 Å². The first-order valence-electron chi connectivity index (χ1n) is 7.14. The number of aliphatic imine (C=N–C) groups is 1. The highest BCUT2D eigenvalue weighted by atomic mass is 15.2. The van der Waals surface area contributed by atoms with Gasteiger partial charge in [-0.15, -0.1) is 0 Å². The van der Waals surface area contributed by atoms with Crippen molar-refractivity contribution in [1.29, 1.82) is 0 Å². The molecule has 0 aliphatic heterocycles.